The van der Waals surface area contributed by atoms with Crippen LogP contribution in [0.5, 0.6) is 0 Å². The summed E-state index contributed by atoms with van der Waals surface area (Å²) in [5, 5.41) is 32.9. The summed E-state index contributed by atoms with van der Waals surface area (Å²) >= 11 is 0. The van der Waals surface area contributed by atoms with Crippen molar-refractivity contribution in [1.29, 1.82) is 0 Å². The predicted octanol–water partition coefficient (Wildman–Crippen LogP) is 6.36. The average Bonchev–Trinajstić information content (AvgIpc) is 2.74. The highest BCUT2D eigenvalue weighted by molar-refractivity contribution is 5.34. The Labute approximate surface area is 208 Å². The van der Waals surface area contributed by atoms with Crippen LogP contribution in [0.2, 0.25) is 0 Å². The quantitative estimate of drug-likeness (QED) is 0.389. The van der Waals surface area contributed by atoms with Crippen LogP contribution in [0.15, 0.2) is 11.6 Å². The van der Waals surface area contributed by atoms with E-state index in [1.807, 2.05) is 0 Å². The molecule has 194 valence electrons. The summed E-state index contributed by atoms with van der Waals surface area (Å²) in [6.07, 6.45) is 10.6. The monoisotopic (exact) mass is 472 g/mol. The standard InChI is InChI=1S/C31H52O3/c1-19-15-24(33)28(5,18-32)22-11-12-30(7)23(31(19,22)8)10-9-20-21-16-26(2,3)17-25(34)27(21,4)13-14-29(20,30)6/h9,19,21-25,32-34H,10-18H2,1-8H3. The largest absolute Gasteiger partial charge is 0.396 e. The van der Waals surface area contributed by atoms with Crippen LogP contribution in [0, 0.1) is 56.2 Å². The molecule has 0 aromatic carbocycles. The van der Waals surface area contributed by atoms with Crippen LogP contribution < -0.4 is 0 Å². The fourth-order valence-electron chi connectivity index (χ4n) is 11.0. The molecule has 0 radical (unpaired) electrons. The number of allylic oxidation sites excluding steroid dienone is 2. The van der Waals surface area contributed by atoms with Crippen molar-refractivity contribution < 1.29 is 15.3 Å². The van der Waals surface area contributed by atoms with Crippen LogP contribution >= 0.6 is 0 Å². The predicted molar refractivity (Wildman–Crippen MR) is 138 cm³/mol. The van der Waals surface area contributed by atoms with Crippen LogP contribution in [-0.2, 0) is 0 Å². The SMILES string of the molecule is CC1CC(O)C(C)(CO)C2CCC3(C)C(CC=C4C5CC(C)(C)CC(O)C5(C)CCC43C)C12C. The summed E-state index contributed by atoms with van der Waals surface area (Å²) in [6, 6.07) is 0. The van der Waals surface area contributed by atoms with E-state index in [2.05, 4.69) is 61.5 Å². The van der Waals surface area contributed by atoms with Crippen molar-refractivity contribution in [2.24, 2.45) is 56.2 Å². The summed E-state index contributed by atoms with van der Waals surface area (Å²) in [7, 11) is 0. The van der Waals surface area contributed by atoms with Crippen LogP contribution in [0.25, 0.3) is 0 Å². The summed E-state index contributed by atoms with van der Waals surface area (Å²) in [5.41, 5.74) is 1.93. The Kier molecular flexibility index (Phi) is 5.46. The molecule has 4 fully saturated rings. The zero-order chi connectivity index (χ0) is 25.1. The van der Waals surface area contributed by atoms with Gasteiger partial charge in [0.15, 0.2) is 0 Å². The number of hydrogen-bond acceptors (Lipinski definition) is 3. The smallest absolute Gasteiger partial charge is 0.0621 e. The molecule has 11 unspecified atom stereocenters. The molecule has 0 aromatic rings. The molecule has 0 spiro atoms. The maximum atomic E-state index is 11.3. The van der Waals surface area contributed by atoms with Crippen molar-refractivity contribution >= 4 is 0 Å². The van der Waals surface area contributed by atoms with E-state index in [1.165, 1.54) is 19.3 Å². The number of aliphatic hydroxyl groups excluding tert-OH is 3. The second-order valence-corrected chi connectivity index (χ2v) is 15.6. The van der Waals surface area contributed by atoms with Crippen molar-refractivity contribution in [2.45, 2.75) is 119 Å². The van der Waals surface area contributed by atoms with Gasteiger partial charge in [-0.05, 0) is 96.7 Å². The van der Waals surface area contributed by atoms with Crippen LogP contribution in [0.1, 0.15) is 107 Å². The Morgan fingerprint density at radius 1 is 0.882 bits per heavy atom. The van der Waals surface area contributed by atoms with Crippen molar-refractivity contribution in [3.05, 3.63) is 11.6 Å². The highest BCUT2D eigenvalue weighted by Gasteiger charge is 2.70. The molecule has 3 heteroatoms. The van der Waals surface area contributed by atoms with E-state index in [4.69, 9.17) is 0 Å². The minimum absolute atomic E-state index is 0.00284. The van der Waals surface area contributed by atoms with E-state index in [9.17, 15) is 15.3 Å². The van der Waals surface area contributed by atoms with Crippen LogP contribution in [0.4, 0.5) is 0 Å². The zero-order valence-corrected chi connectivity index (χ0v) is 23.2. The molecule has 5 aliphatic rings. The zero-order valence-electron chi connectivity index (χ0n) is 23.2. The van der Waals surface area contributed by atoms with Crippen molar-refractivity contribution in [1.82, 2.24) is 0 Å². The Bertz CT molecular complexity index is 878. The van der Waals surface area contributed by atoms with E-state index in [-0.39, 0.29) is 39.8 Å². The molecule has 34 heavy (non-hydrogen) atoms. The van der Waals surface area contributed by atoms with Gasteiger partial charge in [0.2, 0.25) is 0 Å². The first kappa shape index (κ1) is 25.3. The van der Waals surface area contributed by atoms with Gasteiger partial charge in [0.1, 0.15) is 0 Å². The van der Waals surface area contributed by atoms with E-state index in [1.54, 1.807) is 5.57 Å². The van der Waals surface area contributed by atoms with E-state index >= 15 is 0 Å². The molecular weight excluding hydrogens is 420 g/mol. The fourth-order valence-corrected chi connectivity index (χ4v) is 11.0. The molecule has 5 aliphatic carbocycles. The van der Waals surface area contributed by atoms with Gasteiger partial charge in [-0.2, -0.15) is 0 Å². The van der Waals surface area contributed by atoms with Crippen LogP contribution in [0.3, 0.4) is 0 Å². The average molecular weight is 473 g/mol. The van der Waals surface area contributed by atoms with Gasteiger partial charge in [-0.15, -0.1) is 0 Å². The topological polar surface area (TPSA) is 60.7 Å². The highest BCUT2D eigenvalue weighted by atomic mass is 16.3. The lowest BCUT2D eigenvalue weighted by atomic mass is 9.32. The first-order valence-corrected chi connectivity index (χ1v) is 14.3. The third-order valence-electron chi connectivity index (χ3n) is 13.8. The van der Waals surface area contributed by atoms with Gasteiger partial charge in [0, 0.05) is 10.8 Å². The lowest BCUT2D eigenvalue weighted by Crippen LogP contribution is -2.67. The summed E-state index contributed by atoms with van der Waals surface area (Å²) in [4.78, 5) is 0. The first-order valence-electron chi connectivity index (χ1n) is 14.3. The fraction of sp³-hybridized carbons (Fsp3) is 0.935. The number of hydrogen-bond donors (Lipinski definition) is 3. The van der Waals surface area contributed by atoms with Gasteiger partial charge in [0.05, 0.1) is 18.8 Å². The van der Waals surface area contributed by atoms with Gasteiger partial charge in [-0.3, -0.25) is 0 Å². The molecule has 0 aromatic heterocycles. The molecule has 0 aliphatic heterocycles. The highest BCUT2D eigenvalue weighted by Crippen LogP contribution is 2.76. The number of fused-ring (bicyclic) bond motifs is 7. The second-order valence-electron chi connectivity index (χ2n) is 15.6. The minimum Gasteiger partial charge on any atom is -0.396 e. The van der Waals surface area contributed by atoms with Gasteiger partial charge < -0.3 is 15.3 Å². The molecule has 0 amide bonds. The van der Waals surface area contributed by atoms with Gasteiger partial charge >= 0.3 is 0 Å². The molecule has 3 N–H and O–H groups in total. The number of aliphatic hydroxyl groups is 3. The molecule has 0 saturated heterocycles. The van der Waals surface area contributed by atoms with Gasteiger partial charge in [-0.25, -0.2) is 0 Å². The summed E-state index contributed by atoms with van der Waals surface area (Å²) < 4.78 is 0. The van der Waals surface area contributed by atoms with Crippen molar-refractivity contribution in [3.8, 4) is 0 Å². The van der Waals surface area contributed by atoms with Crippen molar-refractivity contribution in [2.75, 3.05) is 6.61 Å². The molecule has 4 saturated carbocycles. The minimum atomic E-state index is -0.415. The summed E-state index contributed by atoms with van der Waals surface area (Å²) in [6.45, 7) is 19.4. The Morgan fingerprint density at radius 3 is 2.21 bits per heavy atom. The van der Waals surface area contributed by atoms with Gasteiger partial charge in [-0.1, -0.05) is 67.0 Å². The van der Waals surface area contributed by atoms with E-state index in [0.29, 0.717) is 23.7 Å². The molecular formula is C31H52O3. The maximum absolute atomic E-state index is 11.3. The third-order valence-corrected chi connectivity index (χ3v) is 13.8. The lowest BCUT2D eigenvalue weighted by Gasteiger charge is -2.72. The first-order chi connectivity index (χ1) is 15.6. The molecule has 5 rings (SSSR count). The van der Waals surface area contributed by atoms with Gasteiger partial charge in [0.25, 0.3) is 0 Å². The lowest BCUT2D eigenvalue weighted by molar-refractivity contribution is -0.237. The van der Waals surface area contributed by atoms with Crippen LogP contribution in [-0.4, -0.2) is 34.1 Å². The Morgan fingerprint density at radius 2 is 1.56 bits per heavy atom. The Hall–Kier alpha value is -0.380. The molecule has 0 heterocycles. The molecule has 3 nitrogen and oxygen atoms in total. The third kappa shape index (κ3) is 2.87. The summed E-state index contributed by atoms with van der Waals surface area (Å²) in [5.74, 6) is 1.83. The van der Waals surface area contributed by atoms with Crippen molar-refractivity contribution in [3.63, 3.8) is 0 Å². The molecule has 0 bridgehead atoms. The number of rotatable bonds is 1. The van der Waals surface area contributed by atoms with E-state index < -0.39 is 11.5 Å². The second kappa shape index (κ2) is 7.35. The van der Waals surface area contributed by atoms with E-state index in [0.717, 1.165) is 32.1 Å². The maximum Gasteiger partial charge on any atom is 0.0621 e. The Balaban J connectivity index is 1.61. The normalized spacial score (nSPS) is 58.6. The molecule has 11 atom stereocenters.